The molecule has 0 aliphatic rings. The molecule has 25 heavy (non-hydrogen) atoms. The molecule has 0 bridgehead atoms. The molecular weight excluding hydrogens is 374 g/mol. The molecule has 4 heteroatoms. The SMILES string of the molecule is Brc1cccc(Cn2ccnc2-c2ccc(-c3ccccn3)cc2)c1. The molecule has 0 fully saturated rings. The minimum absolute atomic E-state index is 0.788. The summed E-state index contributed by atoms with van der Waals surface area (Å²) < 4.78 is 3.25. The number of nitrogens with zero attached hydrogens (tertiary/aromatic N) is 3. The summed E-state index contributed by atoms with van der Waals surface area (Å²) in [6, 6.07) is 22.7. The van der Waals surface area contributed by atoms with Crippen LogP contribution in [0.15, 0.2) is 89.8 Å². The standard InChI is InChI=1S/C21H16BrN3/c22-19-5-3-4-16(14-19)15-25-13-12-24-21(25)18-9-7-17(8-10-18)20-6-1-2-11-23-20/h1-14H,15H2. The number of pyridine rings is 1. The van der Waals surface area contributed by atoms with E-state index in [4.69, 9.17) is 0 Å². The Morgan fingerprint density at radius 1 is 0.800 bits per heavy atom. The van der Waals surface area contributed by atoms with Crippen molar-refractivity contribution < 1.29 is 0 Å². The van der Waals surface area contributed by atoms with Crippen LogP contribution in [-0.4, -0.2) is 14.5 Å². The van der Waals surface area contributed by atoms with Crippen molar-refractivity contribution in [2.45, 2.75) is 6.54 Å². The minimum Gasteiger partial charge on any atom is -0.327 e. The summed E-state index contributed by atoms with van der Waals surface area (Å²) in [7, 11) is 0. The Bertz CT molecular complexity index is 975. The van der Waals surface area contributed by atoms with Crippen LogP contribution in [0.1, 0.15) is 5.56 Å². The van der Waals surface area contributed by atoms with Gasteiger partial charge in [-0.25, -0.2) is 4.98 Å². The van der Waals surface area contributed by atoms with E-state index < -0.39 is 0 Å². The van der Waals surface area contributed by atoms with Gasteiger partial charge in [-0.2, -0.15) is 0 Å². The molecule has 4 aromatic rings. The molecule has 4 rings (SSSR count). The average molecular weight is 390 g/mol. The normalized spacial score (nSPS) is 10.8. The Hall–Kier alpha value is -2.72. The first-order valence-electron chi connectivity index (χ1n) is 8.07. The summed E-state index contributed by atoms with van der Waals surface area (Å²) in [5, 5.41) is 0. The lowest BCUT2D eigenvalue weighted by Crippen LogP contribution is -2.01. The molecule has 0 saturated heterocycles. The second-order valence-corrected chi connectivity index (χ2v) is 6.72. The van der Waals surface area contributed by atoms with Crippen molar-refractivity contribution in [1.29, 1.82) is 0 Å². The summed E-state index contributed by atoms with van der Waals surface area (Å²) >= 11 is 3.53. The molecule has 0 unspecified atom stereocenters. The van der Waals surface area contributed by atoms with E-state index in [-0.39, 0.29) is 0 Å². The molecule has 0 spiro atoms. The molecule has 0 aliphatic heterocycles. The van der Waals surface area contributed by atoms with Gasteiger partial charge >= 0.3 is 0 Å². The van der Waals surface area contributed by atoms with Crippen LogP contribution in [0, 0.1) is 0 Å². The molecule has 3 nitrogen and oxygen atoms in total. The third kappa shape index (κ3) is 3.54. The zero-order valence-electron chi connectivity index (χ0n) is 13.5. The van der Waals surface area contributed by atoms with Crippen LogP contribution in [-0.2, 0) is 6.54 Å². The van der Waals surface area contributed by atoms with Gasteiger partial charge < -0.3 is 4.57 Å². The van der Waals surface area contributed by atoms with Gasteiger partial charge in [0, 0.05) is 40.7 Å². The zero-order valence-corrected chi connectivity index (χ0v) is 15.1. The third-order valence-corrected chi connectivity index (χ3v) is 4.55. The quantitative estimate of drug-likeness (QED) is 0.466. The monoisotopic (exact) mass is 389 g/mol. The maximum Gasteiger partial charge on any atom is 0.140 e. The van der Waals surface area contributed by atoms with Gasteiger partial charge in [-0.05, 0) is 29.8 Å². The molecule has 2 aromatic heterocycles. The lowest BCUT2D eigenvalue weighted by Gasteiger charge is -2.09. The van der Waals surface area contributed by atoms with Gasteiger partial charge in [-0.1, -0.05) is 58.4 Å². The van der Waals surface area contributed by atoms with Crippen molar-refractivity contribution in [2.75, 3.05) is 0 Å². The number of imidazole rings is 1. The lowest BCUT2D eigenvalue weighted by molar-refractivity contribution is 0.806. The van der Waals surface area contributed by atoms with Gasteiger partial charge in [0.05, 0.1) is 5.69 Å². The van der Waals surface area contributed by atoms with Crippen LogP contribution in [0.25, 0.3) is 22.6 Å². The van der Waals surface area contributed by atoms with Gasteiger partial charge in [-0.3, -0.25) is 4.98 Å². The zero-order chi connectivity index (χ0) is 17.1. The highest BCUT2D eigenvalue weighted by molar-refractivity contribution is 9.10. The first-order chi connectivity index (χ1) is 12.3. The summed E-state index contributed by atoms with van der Waals surface area (Å²) in [5.74, 6) is 0.965. The lowest BCUT2D eigenvalue weighted by atomic mass is 10.1. The molecule has 0 atom stereocenters. The van der Waals surface area contributed by atoms with Gasteiger partial charge in [0.2, 0.25) is 0 Å². The van der Waals surface area contributed by atoms with Crippen molar-refractivity contribution in [3.8, 4) is 22.6 Å². The summed E-state index contributed by atoms with van der Waals surface area (Å²) in [6.07, 6.45) is 5.68. The summed E-state index contributed by atoms with van der Waals surface area (Å²) in [6.45, 7) is 0.788. The fourth-order valence-electron chi connectivity index (χ4n) is 2.85. The summed E-state index contributed by atoms with van der Waals surface area (Å²) in [4.78, 5) is 8.94. The van der Waals surface area contributed by atoms with Crippen LogP contribution < -0.4 is 0 Å². The molecule has 122 valence electrons. The number of rotatable bonds is 4. The minimum atomic E-state index is 0.788. The van der Waals surface area contributed by atoms with Gasteiger partial charge in [0.15, 0.2) is 0 Å². The van der Waals surface area contributed by atoms with E-state index in [1.165, 1.54) is 5.56 Å². The topological polar surface area (TPSA) is 30.7 Å². The van der Waals surface area contributed by atoms with Gasteiger partial charge in [0.1, 0.15) is 5.82 Å². The highest BCUT2D eigenvalue weighted by atomic mass is 79.9. The Morgan fingerprint density at radius 3 is 2.40 bits per heavy atom. The first-order valence-corrected chi connectivity index (χ1v) is 8.86. The Kier molecular flexibility index (Phi) is 4.44. The van der Waals surface area contributed by atoms with Crippen molar-refractivity contribution in [2.24, 2.45) is 0 Å². The molecule has 0 radical (unpaired) electrons. The maximum absolute atomic E-state index is 4.54. The fourth-order valence-corrected chi connectivity index (χ4v) is 3.30. The van der Waals surface area contributed by atoms with E-state index in [0.717, 1.165) is 33.7 Å². The van der Waals surface area contributed by atoms with Crippen molar-refractivity contribution in [1.82, 2.24) is 14.5 Å². The van der Waals surface area contributed by atoms with Crippen molar-refractivity contribution in [3.63, 3.8) is 0 Å². The van der Waals surface area contributed by atoms with Crippen LogP contribution in [0.4, 0.5) is 0 Å². The van der Waals surface area contributed by atoms with E-state index in [0.29, 0.717) is 0 Å². The Balaban J connectivity index is 1.62. The predicted molar refractivity (Wildman–Crippen MR) is 104 cm³/mol. The number of halogens is 1. The average Bonchev–Trinajstić information content (AvgIpc) is 3.11. The number of hydrogen-bond donors (Lipinski definition) is 0. The highest BCUT2D eigenvalue weighted by Gasteiger charge is 2.07. The maximum atomic E-state index is 4.54. The summed E-state index contributed by atoms with van der Waals surface area (Å²) in [5.41, 5.74) is 4.42. The third-order valence-electron chi connectivity index (χ3n) is 4.06. The van der Waals surface area contributed by atoms with Gasteiger partial charge in [-0.15, -0.1) is 0 Å². The first kappa shape index (κ1) is 15.8. The van der Waals surface area contributed by atoms with E-state index in [9.17, 15) is 0 Å². The highest BCUT2D eigenvalue weighted by Crippen LogP contribution is 2.23. The molecule has 0 N–H and O–H groups in total. The van der Waals surface area contributed by atoms with Gasteiger partial charge in [0.25, 0.3) is 0 Å². The number of aromatic nitrogens is 3. The van der Waals surface area contributed by atoms with E-state index >= 15 is 0 Å². The fraction of sp³-hybridized carbons (Fsp3) is 0.0476. The van der Waals surface area contributed by atoms with E-state index in [1.807, 2.05) is 42.9 Å². The smallest absolute Gasteiger partial charge is 0.140 e. The van der Waals surface area contributed by atoms with Crippen LogP contribution in [0.2, 0.25) is 0 Å². The predicted octanol–water partition coefficient (Wildman–Crippen LogP) is 5.42. The molecule has 0 saturated carbocycles. The van der Waals surface area contributed by atoms with Crippen LogP contribution in [0.5, 0.6) is 0 Å². The second-order valence-electron chi connectivity index (χ2n) is 5.80. The Morgan fingerprint density at radius 2 is 1.64 bits per heavy atom. The number of benzene rings is 2. The van der Waals surface area contributed by atoms with Crippen LogP contribution >= 0.6 is 15.9 Å². The molecule has 2 heterocycles. The molecule has 0 aliphatic carbocycles. The molecule has 0 amide bonds. The van der Waals surface area contributed by atoms with Crippen molar-refractivity contribution >= 4 is 15.9 Å². The van der Waals surface area contributed by atoms with Crippen LogP contribution in [0.3, 0.4) is 0 Å². The largest absolute Gasteiger partial charge is 0.327 e. The van der Waals surface area contributed by atoms with Crippen molar-refractivity contribution in [3.05, 3.63) is 95.4 Å². The Labute approximate surface area is 155 Å². The molecule has 2 aromatic carbocycles. The van der Waals surface area contributed by atoms with E-state index in [1.54, 1.807) is 0 Å². The second kappa shape index (κ2) is 7.03. The molecular formula is C21H16BrN3. The number of hydrogen-bond acceptors (Lipinski definition) is 2. The van der Waals surface area contributed by atoms with E-state index in [2.05, 4.69) is 72.9 Å².